The van der Waals surface area contributed by atoms with Crippen molar-refractivity contribution in [1.29, 1.82) is 5.26 Å². The molecule has 2 aromatic carbocycles. The van der Waals surface area contributed by atoms with Crippen LogP contribution < -0.4 is 4.90 Å². The second-order valence-corrected chi connectivity index (χ2v) is 8.30. The fraction of sp³-hybridized carbons (Fsp3) is 0.409. The molecule has 7 heteroatoms. The van der Waals surface area contributed by atoms with Crippen LogP contribution in [0.15, 0.2) is 36.4 Å². The van der Waals surface area contributed by atoms with E-state index in [1.54, 1.807) is 43.3 Å². The van der Waals surface area contributed by atoms with Crippen molar-refractivity contribution < 1.29 is 24.5 Å². The van der Waals surface area contributed by atoms with Crippen molar-refractivity contribution in [1.82, 2.24) is 0 Å². The number of fused-ring (bicyclic) bond motifs is 6. The number of rotatable bonds is 3. The average Bonchev–Trinajstić information content (AvgIpc) is 3.23. The van der Waals surface area contributed by atoms with E-state index in [1.165, 1.54) is 4.90 Å². The Morgan fingerprint density at radius 2 is 1.86 bits per heavy atom. The second-order valence-electron chi connectivity index (χ2n) is 8.30. The lowest BCUT2D eigenvalue weighted by atomic mass is 9.66. The van der Waals surface area contributed by atoms with Gasteiger partial charge in [0.25, 0.3) is 0 Å². The minimum atomic E-state index is -1.16. The molecule has 0 aliphatic carbocycles. The molecule has 148 valence electrons. The number of aliphatic hydroxyl groups excluding tert-OH is 2. The van der Waals surface area contributed by atoms with Crippen molar-refractivity contribution >= 4 is 28.3 Å². The maximum Gasteiger partial charge on any atom is 0.240 e. The van der Waals surface area contributed by atoms with E-state index in [0.717, 1.165) is 0 Å². The number of nitriles is 1. The summed E-state index contributed by atoms with van der Waals surface area (Å²) >= 11 is 0. The molecule has 0 spiro atoms. The quantitative estimate of drug-likeness (QED) is 0.766. The maximum atomic E-state index is 13.5. The highest BCUT2D eigenvalue weighted by atomic mass is 16.6. The van der Waals surface area contributed by atoms with Crippen molar-refractivity contribution in [3.63, 3.8) is 0 Å². The van der Waals surface area contributed by atoms with Crippen LogP contribution in [0.25, 0.3) is 10.8 Å². The molecule has 5 atom stereocenters. The lowest BCUT2D eigenvalue weighted by molar-refractivity contribution is -0.134. The van der Waals surface area contributed by atoms with Crippen molar-refractivity contribution in [2.45, 2.75) is 37.1 Å². The molecule has 2 aromatic rings. The van der Waals surface area contributed by atoms with Gasteiger partial charge >= 0.3 is 0 Å². The molecule has 3 fully saturated rings. The number of amides is 2. The molecular formula is C22H20N2O5. The first-order valence-electron chi connectivity index (χ1n) is 9.67. The molecule has 0 saturated carbocycles. The number of hydrogen-bond donors (Lipinski definition) is 2. The van der Waals surface area contributed by atoms with Crippen molar-refractivity contribution in [3.8, 4) is 6.07 Å². The Balaban J connectivity index is 1.68. The summed E-state index contributed by atoms with van der Waals surface area (Å²) in [5.74, 6) is -2.33. The highest BCUT2D eigenvalue weighted by Gasteiger charge is 2.76. The van der Waals surface area contributed by atoms with E-state index in [1.807, 2.05) is 0 Å². The summed E-state index contributed by atoms with van der Waals surface area (Å²) in [6.45, 7) is 1.47. The van der Waals surface area contributed by atoms with Crippen LogP contribution in [0.2, 0.25) is 0 Å². The van der Waals surface area contributed by atoms with Gasteiger partial charge in [-0.2, -0.15) is 5.26 Å². The summed E-state index contributed by atoms with van der Waals surface area (Å²) in [6, 6.07) is 12.5. The van der Waals surface area contributed by atoms with Crippen LogP contribution in [0.3, 0.4) is 0 Å². The molecule has 2 bridgehead atoms. The van der Waals surface area contributed by atoms with Gasteiger partial charge in [0.15, 0.2) is 0 Å². The first-order chi connectivity index (χ1) is 13.9. The van der Waals surface area contributed by atoms with E-state index in [9.17, 15) is 25.1 Å². The molecule has 2 N–H and O–H groups in total. The van der Waals surface area contributed by atoms with E-state index < -0.39 is 35.0 Å². The third-order valence-electron chi connectivity index (χ3n) is 6.91. The van der Waals surface area contributed by atoms with Crippen LogP contribution in [0.1, 0.15) is 25.3 Å². The lowest BCUT2D eigenvalue weighted by Gasteiger charge is -2.33. The fourth-order valence-electron chi connectivity index (χ4n) is 5.63. The molecular weight excluding hydrogens is 372 g/mol. The average molecular weight is 392 g/mol. The molecule has 3 heterocycles. The van der Waals surface area contributed by atoms with E-state index in [4.69, 9.17) is 4.74 Å². The minimum Gasteiger partial charge on any atom is -0.396 e. The van der Waals surface area contributed by atoms with Gasteiger partial charge in [0.2, 0.25) is 11.8 Å². The SMILES string of the molecule is CC12OC(CCO)(CC1O)C1C(=O)N(c3ccc(C#N)c4ccccc34)C(=O)C12. The summed E-state index contributed by atoms with van der Waals surface area (Å²) in [4.78, 5) is 28.2. The standard InChI is InChI=1S/C22H20N2O5/c1-21-16(26)10-22(29-21,8-9-25)18-17(21)19(27)24(20(18)28)15-7-6-12(11-23)13-4-2-3-5-14(13)15/h2-7,16-18,25-26H,8-10H2,1H3. The third-order valence-corrected chi connectivity index (χ3v) is 6.91. The molecule has 29 heavy (non-hydrogen) atoms. The smallest absolute Gasteiger partial charge is 0.240 e. The number of carbonyl (C=O) groups excluding carboxylic acids is 2. The number of hydrogen-bond acceptors (Lipinski definition) is 6. The van der Waals surface area contributed by atoms with E-state index in [0.29, 0.717) is 22.0 Å². The molecule has 0 aromatic heterocycles. The summed E-state index contributed by atoms with van der Waals surface area (Å²) < 4.78 is 6.09. The van der Waals surface area contributed by atoms with Crippen molar-refractivity contribution in [2.75, 3.05) is 11.5 Å². The maximum absolute atomic E-state index is 13.5. The predicted molar refractivity (Wildman–Crippen MR) is 103 cm³/mol. The molecule has 3 saturated heterocycles. The topological polar surface area (TPSA) is 111 Å². The van der Waals surface area contributed by atoms with E-state index >= 15 is 0 Å². The Morgan fingerprint density at radius 1 is 1.17 bits per heavy atom. The summed E-state index contributed by atoms with van der Waals surface area (Å²) in [5.41, 5.74) is -1.31. The molecule has 5 unspecified atom stereocenters. The summed E-state index contributed by atoms with van der Waals surface area (Å²) in [6.07, 6.45) is -0.488. The van der Waals surface area contributed by atoms with Gasteiger partial charge in [0.05, 0.1) is 40.9 Å². The number of anilines is 1. The molecule has 2 amide bonds. The Bertz CT molecular complexity index is 1110. The lowest BCUT2D eigenvalue weighted by Crippen LogP contribution is -2.49. The Hall–Kier alpha value is -2.79. The van der Waals surface area contributed by atoms with Gasteiger partial charge < -0.3 is 14.9 Å². The third kappa shape index (κ3) is 2.11. The molecule has 7 nitrogen and oxygen atoms in total. The molecule has 3 aliphatic heterocycles. The monoisotopic (exact) mass is 392 g/mol. The van der Waals surface area contributed by atoms with Crippen LogP contribution >= 0.6 is 0 Å². The van der Waals surface area contributed by atoms with Crippen LogP contribution in [0.5, 0.6) is 0 Å². The van der Waals surface area contributed by atoms with Gasteiger partial charge in [-0.25, -0.2) is 4.90 Å². The number of benzene rings is 2. The largest absolute Gasteiger partial charge is 0.396 e. The Morgan fingerprint density at radius 3 is 2.55 bits per heavy atom. The van der Waals surface area contributed by atoms with Gasteiger partial charge in [0, 0.05) is 30.2 Å². The van der Waals surface area contributed by atoms with Gasteiger partial charge in [-0.1, -0.05) is 24.3 Å². The molecule has 0 radical (unpaired) electrons. The van der Waals surface area contributed by atoms with E-state index in [-0.39, 0.29) is 25.4 Å². The number of carbonyl (C=O) groups is 2. The highest BCUT2D eigenvalue weighted by molar-refractivity contribution is 6.26. The number of aliphatic hydroxyl groups is 2. The zero-order valence-electron chi connectivity index (χ0n) is 15.8. The highest BCUT2D eigenvalue weighted by Crippen LogP contribution is 2.62. The molecule has 5 rings (SSSR count). The first kappa shape index (κ1) is 18.3. The van der Waals surface area contributed by atoms with Crippen LogP contribution in [-0.4, -0.2) is 45.9 Å². The summed E-state index contributed by atoms with van der Waals surface area (Å²) in [7, 11) is 0. The second kappa shape index (κ2) is 5.86. The number of ether oxygens (including phenoxy) is 1. The van der Waals surface area contributed by atoms with Crippen LogP contribution in [0, 0.1) is 23.2 Å². The first-order valence-corrected chi connectivity index (χ1v) is 9.67. The zero-order chi connectivity index (χ0) is 20.6. The number of nitrogens with zero attached hydrogens (tertiary/aromatic N) is 2. The normalized spacial score (nSPS) is 35.4. The fourth-order valence-corrected chi connectivity index (χ4v) is 5.63. The van der Waals surface area contributed by atoms with Crippen molar-refractivity contribution in [3.05, 3.63) is 42.0 Å². The Labute approximate surface area is 167 Å². The van der Waals surface area contributed by atoms with Crippen LogP contribution in [0.4, 0.5) is 5.69 Å². The molecule has 3 aliphatic rings. The van der Waals surface area contributed by atoms with Gasteiger partial charge in [0.1, 0.15) is 5.60 Å². The Kier molecular flexibility index (Phi) is 3.69. The predicted octanol–water partition coefficient (Wildman–Crippen LogP) is 1.49. The van der Waals surface area contributed by atoms with Gasteiger partial charge in [-0.05, 0) is 19.1 Å². The van der Waals surface area contributed by atoms with Crippen LogP contribution in [-0.2, 0) is 14.3 Å². The van der Waals surface area contributed by atoms with Gasteiger partial charge in [-0.15, -0.1) is 0 Å². The van der Waals surface area contributed by atoms with E-state index in [2.05, 4.69) is 6.07 Å². The number of imide groups is 1. The van der Waals surface area contributed by atoms with Gasteiger partial charge in [-0.3, -0.25) is 9.59 Å². The zero-order valence-corrected chi connectivity index (χ0v) is 15.8. The minimum absolute atomic E-state index is 0.182. The summed E-state index contributed by atoms with van der Waals surface area (Å²) in [5, 5.41) is 30.9. The van der Waals surface area contributed by atoms with Crippen molar-refractivity contribution in [2.24, 2.45) is 11.8 Å².